The monoisotopic (exact) mass is 458 g/mol. The number of hydrogen-bond donors (Lipinski definition) is 1. The molecule has 32 heavy (non-hydrogen) atoms. The fourth-order valence-corrected chi connectivity index (χ4v) is 3.38. The second-order valence-corrected chi connectivity index (χ2v) is 8.32. The highest BCUT2D eigenvalue weighted by atomic mass is 16.7. The van der Waals surface area contributed by atoms with E-state index in [2.05, 4.69) is 6.92 Å². The molecular formula is C25H46O7. The minimum atomic E-state index is -0.576. The molecule has 0 fully saturated rings. The molecule has 7 heteroatoms. The fraction of sp³-hybridized carbons (Fsp3) is 0.880. The van der Waals surface area contributed by atoms with Gasteiger partial charge in [-0.15, -0.1) is 0 Å². The lowest BCUT2D eigenvalue weighted by atomic mass is 10.00. The van der Waals surface area contributed by atoms with Crippen molar-refractivity contribution in [2.24, 2.45) is 0 Å². The van der Waals surface area contributed by atoms with Gasteiger partial charge in [0.25, 0.3) is 0 Å². The molecule has 0 bridgehead atoms. The Kier molecular flexibility index (Phi) is 20.1. The molecule has 0 aromatic rings. The first kappa shape index (κ1) is 30.4. The predicted molar refractivity (Wildman–Crippen MR) is 124 cm³/mol. The van der Waals surface area contributed by atoms with Crippen LogP contribution in [0.2, 0.25) is 0 Å². The number of aliphatic hydroxyl groups is 1. The van der Waals surface area contributed by atoms with Crippen molar-refractivity contribution in [1.82, 2.24) is 0 Å². The molecule has 0 spiro atoms. The average molecular weight is 459 g/mol. The van der Waals surface area contributed by atoms with E-state index in [1.165, 1.54) is 0 Å². The van der Waals surface area contributed by atoms with Gasteiger partial charge < -0.3 is 19.3 Å². The van der Waals surface area contributed by atoms with Crippen LogP contribution in [0, 0.1) is 0 Å². The summed E-state index contributed by atoms with van der Waals surface area (Å²) >= 11 is 0. The topological polar surface area (TPSA) is 99.1 Å². The summed E-state index contributed by atoms with van der Waals surface area (Å²) in [5.74, 6) is -0.942. The highest BCUT2D eigenvalue weighted by Crippen LogP contribution is 2.18. The van der Waals surface area contributed by atoms with Crippen LogP contribution >= 0.6 is 0 Å². The summed E-state index contributed by atoms with van der Waals surface area (Å²) in [6.07, 6.45) is 12.8. The molecule has 0 amide bonds. The van der Waals surface area contributed by atoms with Crippen molar-refractivity contribution in [3.8, 4) is 0 Å². The van der Waals surface area contributed by atoms with Crippen LogP contribution in [0.4, 0.5) is 0 Å². The van der Waals surface area contributed by atoms with Gasteiger partial charge in [0.2, 0.25) is 6.79 Å². The van der Waals surface area contributed by atoms with E-state index < -0.39 is 6.10 Å². The van der Waals surface area contributed by atoms with Gasteiger partial charge >= 0.3 is 17.9 Å². The van der Waals surface area contributed by atoms with E-state index in [1.807, 2.05) is 0 Å². The van der Waals surface area contributed by atoms with E-state index in [0.717, 1.165) is 77.0 Å². The molecular weight excluding hydrogens is 412 g/mol. The van der Waals surface area contributed by atoms with E-state index in [9.17, 15) is 19.5 Å². The van der Waals surface area contributed by atoms with Crippen LogP contribution < -0.4 is 0 Å². The summed E-state index contributed by atoms with van der Waals surface area (Å²) in [5.41, 5.74) is 0. The maximum Gasteiger partial charge on any atom is 0.308 e. The Morgan fingerprint density at radius 3 is 1.78 bits per heavy atom. The van der Waals surface area contributed by atoms with E-state index in [0.29, 0.717) is 19.3 Å². The number of rotatable bonds is 21. The minimum Gasteiger partial charge on any atom is -0.460 e. The van der Waals surface area contributed by atoms with Crippen LogP contribution in [-0.4, -0.2) is 42.0 Å². The average Bonchev–Trinajstić information content (AvgIpc) is 2.79. The third kappa shape index (κ3) is 18.0. The first-order valence-corrected chi connectivity index (χ1v) is 12.6. The second-order valence-electron chi connectivity index (χ2n) is 8.32. The number of unbranched alkanes of at least 4 members (excludes halogenated alkanes) is 9. The molecule has 0 aliphatic carbocycles. The van der Waals surface area contributed by atoms with Gasteiger partial charge in [-0.05, 0) is 25.7 Å². The lowest BCUT2D eigenvalue weighted by Crippen LogP contribution is -2.31. The largest absolute Gasteiger partial charge is 0.460 e. The van der Waals surface area contributed by atoms with Crippen molar-refractivity contribution in [2.75, 3.05) is 6.79 Å². The molecule has 0 aliphatic heterocycles. The zero-order valence-electron chi connectivity index (χ0n) is 20.6. The first-order valence-electron chi connectivity index (χ1n) is 12.6. The molecule has 7 nitrogen and oxygen atoms in total. The summed E-state index contributed by atoms with van der Waals surface area (Å²) in [6, 6.07) is 0. The third-order valence-corrected chi connectivity index (χ3v) is 5.45. The van der Waals surface area contributed by atoms with Gasteiger partial charge in [-0.3, -0.25) is 14.4 Å². The standard InChI is InChI=1S/C25H46O7/c1-4-7-14-18-22(32-24(28)6-3)21(26)17-15-12-10-8-9-11-13-16-19-25(29)31-20-30-23(27)5-2/h21-22,26H,4-20H2,1-3H3. The molecule has 0 heterocycles. The van der Waals surface area contributed by atoms with Gasteiger partial charge in [-0.25, -0.2) is 0 Å². The fourth-order valence-electron chi connectivity index (χ4n) is 3.38. The van der Waals surface area contributed by atoms with Crippen molar-refractivity contribution in [1.29, 1.82) is 0 Å². The number of esters is 3. The highest BCUT2D eigenvalue weighted by molar-refractivity contribution is 5.70. The maximum absolute atomic E-state index is 11.6. The Morgan fingerprint density at radius 1 is 0.656 bits per heavy atom. The number of hydrogen-bond acceptors (Lipinski definition) is 7. The lowest BCUT2D eigenvalue weighted by Gasteiger charge is -2.23. The molecule has 0 rings (SSSR count). The van der Waals surface area contributed by atoms with Crippen molar-refractivity contribution in [3.05, 3.63) is 0 Å². The van der Waals surface area contributed by atoms with E-state index in [1.54, 1.807) is 13.8 Å². The SMILES string of the molecule is CCCCCC(OC(=O)CC)C(O)CCCCCCCCCCC(=O)OCOC(=O)CC. The normalized spacial score (nSPS) is 12.8. The second kappa shape index (κ2) is 21.2. The van der Waals surface area contributed by atoms with Gasteiger partial charge in [0.05, 0.1) is 6.10 Å². The Bertz CT molecular complexity index is 493. The molecule has 0 aliphatic rings. The Morgan fingerprint density at radius 2 is 1.19 bits per heavy atom. The maximum atomic E-state index is 11.6. The predicted octanol–water partition coefficient (Wildman–Crippen LogP) is 5.60. The van der Waals surface area contributed by atoms with Crippen molar-refractivity contribution in [3.63, 3.8) is 0 Å². The van der Waals surface area contributed by atoms with Gasteiger partial charge in [-0.1, -0.05) is 78.6 Å². The number of carbonyl (C=O) groups excluding carboxylic acids is 3. The Balaban J connectivity index is 3.70. The Hall–Kier alpha value is -1.63. The molecule has 0 aromatic carbocycles. The Labute approximate surface area is 194 Å². The zero-order chi connectivity index (χ0) is 24.0. The minimum absolute atomic E-state index is 0.237. The molecule has 0 aromatic heterocycles. The molecule has 0 radical (unpaired) electrons. The summed E-state index contributed by atoms with van der Waals surface area (Å²) in [5, 5.41) is 10.5. The highest BCUT2D eigenvalue weighted by Gasteiger charge is 2.22. The van der Waals surface area contributed by atoms with Crippen LogP contribution in [0.25, 0.3) is 0 Å². The van der Waals surface area contributed by atoms with Gasteiger partial charge in [0.15, 0.2) is 0 Å². The third-order valence-electron chi connectivity index (χ3n) is 5.45. The molecule has 2 atom stereocenters. The lowest BCUT2D eigenvalue weighted by molar-refractivity contribution is -0.167. The van der Waals surface area contributed by atoms with Gasteiger partial charge in [0, 0.05) is 19.3 Å². The number of ether oxygens (including phenoxy) is 3. The number of aliphatic hydroxyl groups excluding tert-OH is 1. The van der Waals surface area contributed by atoms with Gasteiger partial charge in [-0.2, -0.15) is 0 Å². The first-order chi connectivity index (χ1) is 15.4. The molecule has 0 saturated carbocycles. The van der Waals surface area contributed by atoms with Crippen molar-refractivity contribution in [2.45, 2.75) is 136 Å². The quantitative estimate of drug-likeness (QED) is 0.136. The van der Waals surface area contributed by atoms with Crippen LogP contribution in [0.5, 0.6) is 0 Å². The van der Waals surface area contributed by atoms with Gasteiger partial charge in [0.1, 0.15) is 6.10 Å². The summed E-state index contributed by atoms with van der Waals surface area (Å²) in [7, 11) is 0. The van der Waals surface area contributed by atoms with Crippen LogP contribution in [0.15, 0.2) is 0 Å². The molecule has 188 valence electrons. The summed E-state index contributed by atoms with van der Waals surface area (Å²) < 4.78 is 15.0. The summed E-state index contributed by atoms with van der Waals surface area (Å²) in [4.78, 5) is 34.1. The molecule has 1 N–H and O–H groups in total. The van der Waals surface area contributed by atoms with Crippen LogP contribution in [-0.2, 0) is 28.6 Å². The summed E-state index contributed by atoms with van der Waals surface area (Å²) in [6.45, 7) is 5.30. The number of carbonyl (C=O) groups is 3. The van der Waals surface area contributed by atoms with Crippen molar-refractivity contribution < 1.29 is 33.7 Å². The molecule has 2 unspecified atom stereocenters. The molecule has 0 saturated heterocycles. The van der Waals surface area contributed by atoms with Crippen LogP contribution in [0.3, 0.4) is 0 Å². The van der Waals surface area contributed by atoms with Crippen LogP contribution in [0.1, 0.15) is 124 Å². The van der Waals surface area contributed by atoms with E-state index in [-0.39, 0.29) is 37.2 Å². The van der Waals surface area contributed by atoms with E-state index in [4.69, 9.17) is 14.2 Å². The smallest absolute Gasteiger partial charge is 0.308 e. The van der Waals surface area contributed by atoms with Crippen molar-refractivity contribution >= 4 is 17.9 Å². The zero-order valence-corrected chi connectivity index (χ0v) is 20.6. The van der Waals surface area contributed by atoms with E-state index >= 15 is 0 Å².